The number of hydrogen-bond donors (Lipinski definition) is 0. The minimum absolute atomic E-state index is 0.325. The first-order chi connectivity index (χ1) is 31.1. The lowest BCUT2D eigenvalue weighted by atomic mass is 9.48. The molecule has 2 aromatic heterocycles. The quantitative estimate of drug-likeness (QED) is 0.175. The van der Waals surface area contributed by atoms with Crippen molar-refractivity contribution in [1.29, 1.82) is 0 Å². The summed E-state index contributed by atoms with van der Waals surface area (Å²) in [5, 5.41) is 5.37. The highest BCUT2D eigenvalue weighted by atomic mass is 32.1. The Morgan fingerprint density at radius 2 is 1.08 bits per heavy atom. The summed E-state index contributed by atoms with van der Waals surface area (Å²) in [5.74, 6) is 4.53. The van der Waals surface area contributed by atoms with Crippen LogP contribution in [0, 0.1) is 17.8 Å². The number of hydrogen-bond acceptors (Lipinski definition) is 4. The van der Waals surface area contributed by atoms with Crippen LogP contribution in [-0.2, 0) is 10.8 Å². The molecule has 3 heterocycles. The average Bonchev–Trinajstić information content (AvgIpc) is 3.98. The first-order valence-electron chi connectivity index (χ1n) is 22.9. The number of thiophene rings is 2. The Labute approximate surface area is 375 Å². The largest absolute Gasteiger partial charge is 0.457 e. The molecule has 4 heteroatoms. The van der Waals surface area contributed by atoms with Crippen LogP contribution in [0.1, 0.15) is 66.3 Å². The number of anilines is 3. The smallest absolute Gasteiger partial charge is 0.132 e. The molecule has 0 unspecified atom stereocenters. The molecule has 302 valence electrons. The van der Waals surface area contributed by atoms with Crippen molar-refractivity contribution in [1.82, 2.24) is 0 Å². The topological polar surface area (TPSA) is 12.5 Å². The summed E-state index contributed by atoms with van der Waals surface area (Å²) < 4.78 is 12.3. The standard InChI is InChI=1S/C59H43NOS2/c1-4-15-45-40(11-1)41-12-2-5-16-46(41)59(45)47-17-6-7-20-51(47)61-52-25-24-39(31-48(52)59)60(50-19-9-14-43-42-13-3-8-21-53(42)63-57(43)50)49-18-10-22-55-56(49)44-30-38(23-26-54(44)62-55)58-32-35-27-36(33-58)29-37(28-35)34-58/h1-26,30-31,35-37H,27-29,32-34H2. The molecule has 8 aromatic carbocycles. The summed E-state index contributed by atoms with van der Waals surface area (Å²) in [6.45, 7) is 0. The minimum Gasteiger partial charge on any atom is -0.457 e. The Morgan fingerprint density at radius 1 is 0.460 bits per heavy atom. The maximum atomic E-state index is 6.96. The molecule has 0 saturated heterocycles. The van der Waals surface area contributed by atoms with E-state index in [-0.39, 0.29) is 0 Å². The van der Waals surface area contributed by atoms with Gasteiger partial charge in [-0.2, -0.15) is 0 Å². The Kier molecular flexibility index (Phi) is 7.12. The molecule has 1 aliphatic heterocycles. The van der Waals surface area contributed by atoms with Crippen molar-refractivity contribution < 1.29 is 4.74 Å². The van der Waals surface area contributed by atoms with Gasteiger partial charge in [-0.15, -0.1) is 22.7 Å². The van der Waals surface area contributed by atoms with E-state index in [0.29, 0.717) is 5.41 Å². The summed E-state index contributed by atoms with van der Waals surface area (Å²) >= 11 is 3.86. The summed E-state index contributed by atoms with van der Waals surface area (Å²) in [6.07, 6.45) is 8.48. The van der Waals surface area contributed by atoms with Crippen molar-refractivity contribution in [2.45, 2.75) is 49.4 Å². The predicted molar refractivity (Wildman–Crippen MR) is 264 cm³/mol. The molecule has 4 fully saturated rings. The van der Waals surface area contributed by atoms with Crippen molar-refractivity contribution in [3.63, 3.8) is 0 Å². The average molecular weight is 846 g/mol. The van der Waals surface area contributed by atoms with Gasteiger partial charge >= 0.3 is 0 Å². The molecule has 0 radical (unpaired) electrons. The lowest BCUT2D eigenvalue weighted by Gasteiger charge is -2.57. The van der Waals surface area contributed by atoms with Gasteiger partial charge in [-0.25, -0.2) is 0 Å². The maximum absolute atomic E-state index is 6.96. The fraction of sp³-hybridized carbons (Fsp3) is 0.186. The normalized spacial score (nSPS) is 22.1. The van der Waals surface area contributed by atoms with Crippen LogP contribution in [0.2, 0.25) is 0 Å². The second-order valence-electron chi connectivity index (χ2n) is 19.4. The third-order valence-corrected chi connectivity index (χ3v) is 18.4. The molecular formula is C59H43NOS2. The van der Waals surface area contributed by atoms with Gasteiger partial charge < -0.3 is 9.64 Å². The van der Waals surface area contributed by atoms with E-state index in [0.717, 1.165) is 34.9 Å². The molecule has 0 atom stereocenters. The van der Waals surface area contributed by atoms with Crippen LogP contribution in [0.15, 0.2) is 170 Å². The number of para-hydroxylation sites is 1. The molecule has 16 rings (SSSR count). The van der Waals surface area contributed by atoms with Gasteiger partial charge in [0, 0.05) is 52.5 Å². The number of fused-ring (bicyclic) bond motifs is 15. The summed E-state index contributed by atoms with van der Waals surface area (Å²) in [4.78, 5) is 2.60. The van der Waals surface area contributed by atoms with E-state index >= 15 is 0 Å². The van der Waals surface area contributed by atoms with Gasteiger partial charge in [0.2, 0.25) is 0 Å². The molecule has 5 aliphatic carbocycles. The zero-order valence-electron chi connectivity index (χ0n) is 34.8. The minimum atomic E-state index is -0.559. The Hall–Kier alpha value is -6.20. The van der Waals surface area contributed by atoms with Crippen LogP contribution in [0.5, 0.6) is 11.5 Å². The molecule has 0 N–H and O–H groups in total. The van der Waals surface area contributed by atoms with E-state index in [9.17, 15) is 0 Å². The SMILES string of the molecule is c1ccc2c(c1)Oc1ccc(N(c3cccc4c3sc3ccccc34)c3cccc4sc5ccc(C67CC8CC(CC(C8)C6)C7)cc5c34)cc1C21c2ccccc2-c2ccccc21. The van der Waals surface area contributed by atoms with Gasteiger partial charge in [-0.05, 0) is 150 Å². The number of ether oxygens (including phenoxy) is 1. The van der Waals surface area contributed by atoms with Gasteiger partial charge in [0.05, 0.1) is 21.5 Å². The van der Waals surface area contributed by atoms with E-state index in [1.807, 2.05) is 22.7 Å². The number of benzene rings is 8. The molecule has 4 saturated carbocycles. The highest BCUT2D eigenvalue weighted by Gasteiger charge is 2.53. The Balaban J connectivity index is 1.02. The fourth-order valence-corrected chi connectivity index (χ4v) is 16.4. The molecular weight excluding hydrogens is 803 g/mol. The zero-order valence-corrected chi connectivity index (χ0v) is 36.4. The van der Waals surface area contributed by atoms with Crippen LogP contribution >= 0.6 is 22.7 Å². The van der Waals surface area contributed by atoms with E-state index in [2.05, 4.69) is 175 Å². The first kappa shape index (κ1) is 35.3. The zero-order chi connectivity index (χ0) is 41.0. The van der Waals surface area contributed by atoms with Gasteiger partial charge in [-0.1, -0.05) is 109 Å². The molecule has 6 aliphatic rings. The lowest BCUT2D eigenvalue weighted by Crippen LogP contribution is -2.48. The second-order valence-corrected chi connectivity index (χ2v) is 21.5. The van der Waals surface area contributed by atoms with E-state index in [1.165, 1.54) is 124 Å². The third-order valence-electron chi connectivity index (χ3n) is 16.1. The molecule has 1 spiro atoms. The van der Waals surface area contributed by atoms with Gasteiger partial charge in [0.25, 0.3) is 0 Å². The van der Waals surface area contributed by atoms with Crippen LogP contribution < -0.4 is 9.64 Å². The van der Waals surface area contributed by atoms with Crippen LogP contribution in [0.25, 0.3) is 51.5 Å². The van der Waals surface area contributed by atoms with Crippen molar-refractivity contribution in [2.75, 3.05) is 4.90 Å². The Bertz CT molecular complexity index is 3490. The van der Waals surface area contributed by atoms with Crippen molar-refractivity contribution in [3.05, 3.63) is 198 Å². The summed E-state index contributed by atoms with van der Waals surface area (Å²) in [7, 11) is 0. The molecule has 4 bridgehead atoms. The van der Waals surface area contributed by atoms with Gasteiger partial charge in [-0.3, -0.25) is 0 Å². The predicted octanol–water partition coefficient (Wildman–Crippen LogP) is 16.8. The molecule has 63 heavy (non-hydrogen) atoms. The number of nitrogens with zero attached hydrogens (tertiary/aromatic N) is 1. The van der Waals surface area contributed by atoms with Crippen molar-refractivity contribution in [3.8, 4) is 22.6 Å². The Morgan fingerprint density at radius 3 is 1.87 bits per heavy atom. The maximum Gasteiger partial charge on any atom is 0.132 e. The summed E-state index contributed by atoms with van der Waals surface area (Å²) in [5.41, 5.74) is 12.5. The molecule has 2 nitrogen and oxygen atoms in total. The van der Waals surface area contributed by atoms with Crippen LogP contribution in [-0.4, -0.2) is 0 Å². The number of rotatable bonds is 4. The monoisotopic (exact) mass is 845 g/mol. The van der Waals surface area contributed by atoms with E-state index in [4.69, 9.17) is 4.74 Å². The lowest BCUT2D eigenvalue weighted by molar-refractivity contribution is -0.00512. The van der Waals surface area contributed by atoms with Crippen molar-refractivity contribution >= 4 is 80.1 Å². The van der Waals surface area contributed by atoms with Gasteiger partial charge in [0.15, 0.2) is 0 Å². The van der Waals surface area contributed by atoms with E-state index in [1.54, 1.807) is 5.56 Å². The highest BCUT2D eigenvalue weighted by Crippen LogP contribution is 2.64. The van der Waals surface area contributed by atoms with E-state index < -0.39 is 5.41 Å². The molecule has 10 aromatic rings. The molecule has 0 amide bonds. The summed E-state index contributed by atoms with van der Waals surface area (Å²) in [6, 6.07) is 64.4. The van der Waals surface area contributed by atoms with Crippen LogP contribution in [0.4, 0.5) is 17.1 Å². The van der Waals surface area contributed by atoms with Crippen LogP contribution in [0.3, 0.4) is 0 Å². The first-order valence-corrected chi connectivity index (χ1v) is 24.5. The second kappa shape index (κ2) is 12.7. The van der Waals surface area contributed by atoms with Gasteiger partial charge in [0.1, 0.15) is 11.5 Å². The fourth-order valence-electron chi connectivity index (χ4n) is 14.1. The third kappa shape index (κ3) is 4.73. The van der Waals surface area contributed by atoms with Crippen molar-refractivity contribution in [2.24, 2.45) is 17.8 Å². The highest BCUT2D eigenvalue weighted by molar-refractivity contribution is 7.26.